The van der Waals surface area contributed by atoms with Gasteiger partial charge in [0.1, 0.15) is 0 Å². The largest absolute Gasteiger partial charge is 0.353 e. The molecule has 4 bridgehead atoms. The Morgan fingerprint density at radius 2 is 1.56 bits per heavy atom. The van der Waals surface area contributed by atoms with Crippen molar-refractivity contribution >= 4 is 0 Å². The van der Waals surface area contributed by atoms with Crippen LogP contribution in [-0.4, -0.2) is 11.2 Å². The number of ether oxygens (including phenoxy) is 1. The lowest BCUT2D eigenvalue weighted by Crippen LogP contribution is -2.70. The molecule has 5 rings (SSSR count). The summed E-state index contributed by atoms with van der Waals surface area (Å²) in [5.41, 5.74) is -0.326. The maximum Gasteiger partial charge on any atom is 0.155 e. The van der Waals surface area contributed by atoms with Crippen molar-refractivity contribution in [3.63, 3.8) is 0 Å². The molecule has 0 aromatic carbocycles. The van der Waals surface area contributed by atoms with Gasteiger partial charge in [-0.05, 0) is 62.7 Å². The van der Waals surface area contributed by atoms with Crippen LogP contribution in [0.2, 0.25) is 0 Å². The number of nitrogens with zero attached hydrogens (tertiary/aromatic N) is 1. The smallest absolute Gasteiger partial charge is 0.155 e. The van der Waals surface area contributed by atoms with Crippen LogP contribution in [0.5, 0.6) is 0 Å². The van der Waals surface area contributed by atoms with Gasteiger partial charge < -0.3 is 4.74 Å². The Bertz CT molecular complexity index is 345. The summed E-state index contributed by atoms with van der Waals surface area (Å²) < 4.78 is 6.18. The third-order valence-corrected chi connectivity index (χ3v) is 5.79. The minimum Gasteiger partial charge on any atom is -0.353 e. The Hall–Kier alpha value is -0.550. The molecule has 1 aliphatic heterocycles. The van der Waals surface area contributed by atoms with E-state index < -0.39 is 5.60 Å². The number of hydrogen-bond donors (Lipinski definition) is 0. The first-order valence-electron chi connectivity index (χ1n) is 6.75. The molecule has 0 aromatic rings. The zero-order valence-corrected chi connectivity index (χ0v) is 9.91. The molecule has 86 valence electrons. The molecule has 1 heterocycles. The lowest BCUT2D eigenvalue weighted by molar-refractivity contribution is -0.325. The molecular weight excluding hydrogens is 198 g/mol. The molecule has 1 saturated heterocycles. The van der Waals surface area contributed by atoms with Gasteiger partial charge in [0.2, 0.25) is 0 Å². The molecule has 1 spiro atoms. The molecule has 1 unspecified atom stereocenters. The van der Waals surface area contributed by atoms with Crippen molar-refractivity contribution in [3.05, 3.63) is 0 Å². The molecule has 4 aliphatic carbocycles. The van der Waals surface area contributed by atoms with E-state index in [-0.39, 0.29) is 5.60 Å². The normalized spacial score (nSPS) is 62.0. The molecule has 4 saturated carbocycles. The first-order valence-corrected chi connectivity index (χ1v) is 6.75. The van der Waals surface area contributed by atoms with Gasteiger partial charge in [-0.1, -0.05) is 0 Å². The summed E-state index contributed by atoms with van der Waals surface area (Å²) in [5.74, 6) is 3.55. The molecule has 5 fully saturated rings. The van der Waals surface area contributed by atoms with Crippen LogP contribution in [0.4, 0.5) is 0 Å². The first-order chi connectivity index (χ1) is 7.63. The number of nitriles is 1. The predicted octanol–water partition coefficient (Wildman–Crippen LogP) is 2.88. The maximum absolute atomic E-state index is 9.11. The van der Waals surface area contributed by atoms with Gasteiger partial charge in [-0.15, -0.1) is 0 Å². The highest BCUT2D eigenvalue weighted by atomic mass is 16.6. The summed E-state index contributed by atoms with van der Waals surface area (Å²) in [4.78, 5) is 0. The quantitative estimate of drug-likeness (QED) is 0.625. The van der Waals surface area contributed by atoms with Crippen molar-refractivity contribution < 1.29 is 4.74 Å². The van der Waals surface area contributed by atoms with Crippen molar-refractivity contribution in [1.82, 2.24) is 0 Å². The molecule has 0 aromatic heterocycles. The highest BCUT2D eigenvalue weighted by Gasteiger charge is 2.66. The monoisotopic (exact) mass is 217 g/mol. The zero-order valence-electron chi connectivity index (χ0n) is 9.91. The average molecular weight is 217 g/mol. The summed E-state index contributed by atoms with van der Waals surface area (Å²) >= 11 is 0. The molecule has 16 heavy (non-hydrogen) atoms. The van der Waals surface area contributed by atoms with E-state index in [1.54, 1.807) is 0 Å². The standard InChI is InChI=1S/C14H19NO/c1-13(8-15)7-14(16-13)11-3-9-2-10(5-11)6-12(14)4-9/h9-12H,2-7H2,1H3. The summed E-state index contributed by atoms with van der Waals surface area (Å²) in [7, 11) is 0. The average Bonchev–Trinajstić information content (AvgIpc) is 2.21. The Balaban J connectivity index is 1.65. The SMILES string of the molecule is CC1(C#N)CC2(O1)C1CC3CC(C1)CC2C3. The van der Waals surface area contributed by atoms with Crippen LogP contribution < -0.4 is 0 Å². The molecule has 0 N–H and O–H groups in total. The highest BCUT2D eigenvalue weighted by Crippen LogP contribution is 2.66. The van der Waals surface area contributed by atoms with Crippen LogP contribution >= 0.6 is 0 Å². The number of hydrogen-bond acceptors (Lipinski definition) is 2. The zero-order chi connectivity index (χ0) is 11.0. The Morgan fingerprint density at radius 3 is 2.00 bits per heavy atom. The van der Waals surface area contributed by atoms with Crippen molar-refractivity contribution in [3.8, 4) is 6.07 Å². The predicted molar refractivity (Wildman–Crippen MR) is 59.5 cm³/mol. The fourth-order valence-electron chi connectivity index (χ4n) is 5.44. The van der Waals surface area contributed by atoms with Gasteiger partial charge in [-0.2, -0.15) is 5.26 Å². The summed E-state index contributed by atoms with van der Waals surface area (Å²) in [6.07, 6.45) is 8.02. The summed E-state index contributed by atoms with van der Waals surface area (Å²) in [6, 6.07) is 2.34. The molecule has 5 aliphatic rings. The van der Waals surface area contributed by atoms with Crippen LogP contribution in [0.1, 0.15) is 45.4 Å². The van der Waals surface area contributed by atoms with Crippen molar-refractivity contribution in [2.75, 3.05) is 0 Å². The molecular formula is C14H19NO. The maximum atomic E-state index is 9.11. The Labute approximate surface area is 97.0 Å². The molecule has 0 amide bonds. The van der Waals surface area contributed by atoms with E-state index in [4.69, 9.17) is 10.00 Å². The first kappa shape index (κ1) is 9.48. The third-order valence-electron chi connectivity index (χ3n) is 5.79. The van der Waals surface area contributed by atoms with Crippen LogP contribution in [0.25, 0.3) is 0 Å². The summed E-state index contributed by atoms with van der Waals surface area (Å²) in [6.45, 7) is 1.96. The van der Waals surface area contributed by atoms with Gasteiger partial charge in [-0.25, -0.2) is 0 Å². The van der Waals surface area contributed by atoms with E-state index in [2.05, 4.69) is 6.07 Å². The van der Waals surface area contributed by atoms with Crippen molar-refractivity contribution in [2.24, 2.45) is 23.7 Å². The molecule has 0 radical (unpaired) electrons. The second kappa shape index (κ2) is 2.64. The molecule has 2 heteroatoms. The topological polar surface area (TPSA) is 33.0 Å². The van der Waals surface area contributed by atoms with Gasteiger partial charge in [0, 0.05) is 6.42 Å². The van der Waals surface area contributed by atoms with E-state index >= 15 is 0 Å². The van der Waals surface area contributed by atoms with E-state index in [1.165, 1.54) is 32.1 Å². The van der Waals surface area contributed by atoms with Crippen LogP contribution in [0.15, 0.2) is 0 Å². The minimum atomic E-state index is -0.463. The van der Waals surface area contributed by atoms with Gasteiger partial charge in [-0.3, -0.25) is 0 Å². The van der Waals surface area contributed by atoms with E-state index in [0.29, 0.717) is 0 Å². The van der Waals surface area contributed by atoms with E-state index in [0.717, 1.165) is 30.1 Å². The lowest BCUT2D eigenvalue weighted by atomic mass is 9.46. The fraction of sp³-hybridized carbons (Fsp3) is 0.929. The van der Waals surface area contributed by atoms with Gasteiger partial charge in [0.15, 0.2) is 5.60 Å². The van der Waals surface area contributed by atoms with Gasteiger partial charge in [0.05, 0.1) is 11.7 Å². The van der Waals surface area contributed by atoms with Crippen LogP contribution in [-0.2, 0) is 4.74 Å². The highest BCUT2D eigenvalue weighted by molar-refractivity contribution is 5.20. The van der Waals surface area contributed by atoms with Crippen molar-refractivity contribution in [1.29, 1.82) is 5.26 Å². The van der Waals surface area contributed by atoms with Gasteiger partial charge >= 0.3 is 0 Å². The lowest BCUT2D eigenvalue weighted by Gasteiger charge is -2.67. The third kappa shape index (κ3) is 0.966. The van der Waals surface area contributed by atoms with Gasteiger partial charge in [0.25, 0.3) is 0 Å². The number of rotatable bonds is 0. The van der Waals surface area contributed by atoms with Crippen LogP contribution in [0.3, 0.4) is 0 Å². The second-order valence-electron chi connectivity index (χ2n) is 6.88. The molecule has 2 nitrogen and oxygen atoms in total. The summed E-state index contributed by atoms with van der Waals surface area (Å²) in [5, 5.41) is 9.11. The fourth-order valence-corrected chi connectivity index (χ4v) is 5.44. The van der Waals surface area contributed by atoms with E-state index in [1.807, 2.05) is 6.92 Å². The second-order valence-corrected chi connectivity index (χ2v) is 6.88. The van der Waals surface area contributed by atoms with Crippen LogP contribution in [0, 0.1) is 35.0 Å². The van der Waals surface area contributed by atoms with E-state index in [9.17, 15) is 0 Å². The molecule has 1 atom stereocenters. The Morgan fingerprint density at radius 1 is 1.06 bits per heavy atom. The van der Waals surface area contributed by atoms with Crippen molar-refractivity contribution in [2.45, 2.75) is 56.7 Å². The Kier molecular flexibility index (Phi) is 1.57. The minimum absolute atomic E-state index is 0.137.